The first-order valence-electron chi connectivity index (χ1n) is 7.17. The van der Waals surface area contributed by atoms with Crippen molar-refractivity contribution in [3.8, 4) is 6.07 Å². The molecular weight excluding hydrogens is 314 g/mol. The van der Waals surface area contributed by atoms with E-state index in [2.05, 4.69) is 14.7 Å². The van der Waals surface area contributed by atoms with Crippen LogP contribution in [0.15, 0.2) is 23.1 Å². The first-order chi connectivity index (χ1) is 10.8. The molecule has 23 heavy (non-hydrogen) atoms. The number of benzene rings is 1. The van der Waals surface area contributed by atoms with Gasteiger partial charge in [0.2, 0.25) is 10.0 Å². The van der Waals surface area contributed by atoms with Gasteiger partial charge in [-0.05, 0) is 38.0 Å². The van der Waals surface area contributed by atoms with Crippen molar-refractivity contribution in [3.63, 3.8) is 0 Å². The molecule has 1 aromatic heterocycles. The lowest BCUT2D eigenvalue weighted by atomic mass is 10.2. The molecule has 8 heteroatoms. The molecule has 0 saturated heterocycles. The lowest BCUT2D eigenvalue weighted by molar-refractivity contribution is 0.571. The molecule has 3 rings (SSSR count). The highest BCUT2D eigenvalue weighted by atomic mass is 32.2. The van der Waals surface area contributed by atoms with Gasteiger partial charge < -0.3 is 4.90 Å². The number of nitrogens with one attached hydrogen (secondary N) is 1. The molecule has 0 unspecified atom stereocenters. The second-order valence-corrected chi connectivity index (χ2v) is 7.65. The summed E-state index contributed by atoms with van der Waals surface area (Å²) in [5.41, 5.74) is -0.261. The van der Waals surface area contributed by atoms with E-state index in [-0.39, 0.29) is 4.90 Å². The van der Waals surface area contributed by atoms with Gasteiger partial charge in [-0.2, -0.15) is 9.98 Å². The predicted octanol–water partition coefficient (Wildman–Crippen LogP) is 1.34. The van der Waals surface area contributed by atoms with Crippen LogP contribution in [-0.2, 0) is 10.0 Å². The Kier molecular flexibility index (Phi) is 3.50. The minimum Gasteiger partial charge on any atom is -0.362 e. The van der Waals surface area contributed by atoms with Crippen molar-refractivity contribution in [1.29, 1.82) is 5.26 Å². The Balaban J connectivity index is 2.11. The molecule has 120 valence electrons. The number of fused-ring (bicyclic) bond motifs is 1. The molecule has 0 amide bonds. The summed E-state index contributed by atoms with van der Waals surface area (Å²) in [6.45, 7) is 1.79. The maximum Gasteiger partial charge on any atom is 0.241 e. The molecule has 0 radical (unpaired) electrons. The summed E-state index contributed by atoms with van der Waals surface area (Å²) in [5.74, 6) is 1.28. The zero-order valence-corrected chi connectivity index (χ0v) is 14.0. The molecule has 1 fully saturated rings. The van der Waals surface area contributed by atoms with Gasteiger partial charge in [-0.1, -0.05) is 0 Å². The van der Waals surface area contributed by atoms with Crippen molar-refractivity contribution in [2.24, 2.45) is 0 Å². The fourth-order valence-corrected chi connectivity index (χ4v) is 3.79. The number of sulfonamides is 1. The van der Waals surface area contributed by atoms with Crippen molar-refractivity contribution in [1.82, 2.24) is 14.7 Å². The normalized spacial score (nSPS) is 16.1. The van der Waals surface area contributed by atoms with Crippen LogP contribution < -0.4 is 9.62 Å². The Morgan fingerprint density at radius 2 is 2.00 bits per heavy atom. The standard InChI is InChI=1S/C15H17N5O2S/c1-10-17-13-5-4-11(8-12(13)14(18-10)20(2)3)23(21,22)19-15(9-16)6-7-15/h4-5,8,19H,6-7H2,1-3H3. The highest BCUT2D eigenvalue weighted by Crippen LogP contribution is 2.36. The van der Waals surface area contributed by atoms with E-state index in [1.54, 1.807) is 19.1 Å². The molecule has 1 heterocycles. The van der Waals surface area contributed by atoms with Crippen LogP contribution in [0.3, 0.4) is 0 Å². The first kappa shape index (κ1) is 15.6. The fourth-order valence-electron chi connectivity index (χ4n) is 2.39. The third-order valence-corrected chi connectivity index (χ3v) is 5.32. The second kappa shape index (κ2) is 5.15. The summed E-state index contributed by atoms with van der Waals surface area (Å²) in [6, 6.07) is 6.75. The van der Waals surface area contributed by atoms with Gasteiger partial charge in [-0.3, -0.25) is 0 Å². The zero-order valence-electron chi connectivity index (χ0n) is 13.2. The first-order valence-corrected chi connectivity index (χ1v) is 8.66. The molecule has 1 aromatic carbocycles. The third-order valence-electron chi connectivity index (χ3n) is 3.79. The van der Waals surface area contributed by atoms with Gasteiger partial charge in [-0.25, -0.2) is 18.4 Å². The van der Waals surface area contributed by atoms with Crippen molar-refractivity contribution < 1.29 is 8.42 Å². The van der Waals surface area contributed by atoms with E-state index in [1.807, 2.05) is 25.1 Å². The van der Waals surface area contributed by atoms with Crippen LogP contribution in [0.5, 0.6) is 0 Å². The summed E-state index contributed by atoms with van der Waals surface area (Å²) in [7, 11) is -0.0727. The molecule has 2 aromatic rings. The third kappa shape index (κ3) is 2.85. The van der Waals surface area contributed by atoms with E-state index in [0.29, 0.717) is 35.4 Å². The Bertz CT molecular complexity index is 927. The molecule has 1 N–H and O–H groups in total. The van der Waals surface area contributed by atoms with Gasteiger partial charge in [0, 0.05) is 19.5 Å². The monoisotopic (exact) mass is 331 g/mol. The number of nitriles is 1. The average molecular weight is 331 g/mol. The van der Waals surface area contributed by atoms with Crippen LogP contribution in [0.2, 0.25) is 0 Å². The van der Waals surface area contributed by atoms with Crippen LogP contribution in [0.4, 0.5) is 5.82 Å². The minimum absolute atomic E-state index is 0.113. The number of nitrogens with zero attached hydrogens (tertiary/aromatic N) is 4. The molecule has 0 spiro atoms. The highest BCUT2D eigenvalue weighted by molar-refractivity contribution is 7.89. The van der Waals surface area contributed by atoms with E-state index in [0.717, 1.165) is 0 Å². The molecule has 0 bridgehead atoms. The van der Waals surface area contributed by atoms with E-state index in [1.165, 1.54) is 6.07 Å². The van der Waals surface area contributed by atoms with E-state index >= 15 is 0 Å². The number of anilines is 1. The molecule has 1 aliphatic carbocycles. The lowest BCUT2D eigenvalue weighted by Crippen LogP contribution is -2.35. The summed E-state index contributed by atoms with van der Waals surface area (Å²) >= 11 is 0. The van der Waals surface area contributed by atoms with E-state index in [4.69, 9.17) is 5.26 Å². The minimum atomic E-state index is -3.76. The van der Waals surface area contributed by atoms with Crippen molar-refractivity contribution >= 4 is 26.7 Å². The lowest BCUT2D eigenvalue weighted by Gasteiger charge is -2.16. The number of hydrogen-bond donors (Lipinski definition) is 1. The van der Waals surface area contributed by atoms with Gasteiger partial charge in [-0.15, -0.1) is 0 Å². The van der Waals surface area contributed by atoms with Crippen LogP contribution in [-0.4, -0.2) is 38.0 Å². The van der Waals surface area contributed by atoms with Crippen molar-refractivity contribution in [3.05, 3.63) is 24.0 Å². The number of hydrogen-bond acceptors (Lipinski definition) is 6. The van der Waals surface area contributed by atoms with Crippen LogP contribution in [0.25, 0.3) is 10.9 Å². The van der Waals surface area contributed by atoms with Gasteiger partial charge in [0.05, 0.1) is 16.5 Å². The molecule has 0 aliphatic heterocycles. The van der Waals surface area contributed by atoms with Crippen LogP contribution in [0, 0.1) is 18.3 Å². The van der Waals surface area contributed by atoms with Crippen molar-refractivity contribution in [2.45, 2.75) is 30.2 Å². The zero-order chi connectivity index (χ0) is 16.8. The Hall–Kier alpha value is -2.24. The summed E-state index contributed by atoms with van der Waals surface area (Å²) in [4.78, 5) is 10.6. The van der Waals surface area contributed by atoms with E-state index in [9.17, 15) is 8.42 Å². The largest absolute Gasteiger partial charge is 0.362 e. The van der Waals surface area contributed by atoms with Crippen LogP contribution in [0.1, 0.15) is 18.7 Å². The van der Waals surface area contributed by atoms with Gasteiger partial charge in [0.1, 0.15) is 17.2 Å². The van der Waals surface area contributed by atoms with Gasteiger partial charge in [0.25, 0.3) is 0 Å². The topological polar surface area (TPSA) is 99.0 Å². The molecule has 1 aliphatic rings. The average Bonchev–Trinajstić information content (AvgIpc) is 3.25. The Labute approximate surface area is 135 Å². The maximum atomic E-state index is 12.5. The molecule has 7 nitrogen and oxygen atoms in total. The summed E-state index contributed by atoms with van der Waals surface area (Å²) in [6.07, 6.45) is 1.09. The number of aryl methyl sites for hydroxylation is 1. The summed E-state index contributed by atoms with van der Waals surface area (Å²) < 4.78 is 27.5. The van der Waals surface area contributed by atoms with Crippen LogP contribution >= 0.6 is 0 Å². The van der Waals surface area contributed by atoms with Gasteiger partial charge >= 0.3 is 0 Å². The van der Waals surface area contributed by atoms with Gasteiger partial charge in [0.15, 0.2) is 0 Å². The quantitative estimate of drug-likeness (QED) is 0.907. The molecular formula is C15H17N5O2S. The molecule has 1 saturated carbocycles. The van der Waals surface area contributed by atoms with Crippen molar-refractivity contribution in [2.75, 3.05) is 19.0 Å². The molecule has 0 atom stereocenters. The van der Waals surface area contributed by atoms with E-state index < -0.39 is 15.6 Å². The maximum absolute atomic E-state index is 12.5. The SMILES string of the molecule is Cc1nc(N(C)C)c2cc(S(=O)(=O)NC3(C#N)CC3)ccc2n1. The Morgan fingerprint density at radius 1 is 1.30 bits per heavy atom. The Morgan fingerprint density at radius 3 is 2.57 bits per heavy atom. The second-order valence-electron chi connectivity index (χ2n) is 5.97. The number of rotatable bonds is 4. The number of aromatic nitrogens is 2. The predicted molar refractivity (Wildman–Crippen MR) is 86.5 cm³/mol. The fraction of sp³-hybridized carbons (Fsp3) is 0.400. The smallest absolute Gasteiger partial charge is 0.241 e. The highest BCUT2D eigenvalue weighted by Gasteiger charge is 2.46. The summed E-state index contributed by atoms with van der Waals surface area (Å²) in [5, 5.41) is 9.74.